The summed E-state index contributed by atoms with van der Waals surface area (Å²) in [6.07, 6.45) is 0. The van der Waals surface area contributed by atoms with Crippen LogP contribution in [0.2, 0.25) is 0 Å². The van der Waals surface area contributed by atoms with Crippen LogP contribution >= 0.6 is 0 Å². The van der Waals surface area contributed by atoms with Crippen LogP contribution in [0.25, 0.3) is 0 Å². The highest BCUT2D eigenvalue weighted by molar-refractivity contribution is 6.15. The van der Waals surface area contributed by atoms with E-state index in [2.05, 4.69) is 21.0 Å². The van der Waals surface area contributed by atoms with Gasteiger partial charge >= 0.3 is 0 Å². The molecule has 0 aliphatic carbocycles. The van der Waals surface area contributed by atoms with Crippen LogP contribution in [0, 0.1) is 13.8 Å². The number of carbonyl (C=O) groups is 3. The summed E-state index contributed by atoms with van der Waals surface area (Å²) in [7, 11) is 1.75. The van der Waals surface area contributed by atoms with Crippen LogP contribution in [0.1, 0.15) is 28.7 Å². The van der Waals surface area contributed by atoms with Gasteiger partial charge in [0.25, 0.3) is 23.3 Å². The summed E-state index contributed by atoms with van der Waals surface area (Å²) < 4.78 is 7.29. The van der Waals surface area contributed by atoms with Crippen LogP contribution in [-0.4, -0.2) is 46.2 Å². The van der Waals surface area contributed by atoms with Crippen molar-refractivity contribution in [2.75, 3.05) is 18.4 Å². The maximum Gasteiger partial charge on any atom is 0.278 e. The smallest absolute Gasteiger partial charge is 0.278 e. The maximum atomic E-state index is 12.5. The van der Waals surface area contributed by atoms with Crippen LogP contribution in [0.3, 0.4) is 0 Å². The van der Waals surface area contributed by atoms with Gasteiger partial charge in [0.2, 0.25) is 0 Å². The largest absolute Gasteiger partial charge is 0.466 e. The van der Waals surface area contributed by atoms with Crippen molar-refractivity contribution in [1.82, 2.24) is 20.4 Å². The Hall–Kier alpha value is -3.36. The molecule has 1 aliphatic heterocycles. The van der Waals surface area contributed by atoms with Gasteiger partial charge < -0.3 is 20.7 Å². The van der Waals surface area contributed by atoms with Crippen LogP contribution in [0.4, 0.5) is 5.69 Å². The van der Waals surface area contributed by atoms with Crippen molar-refractivity contribution >= 4 is 23.4 Å². The number of anilines is 1. The van der Waals surface area contributed by atoms with E-state index in [0.29, 0.717) is 17.1 Å². The van der Waals surface area contributed by atoms with Gasteiger partial charge in [-0.1, -0.05) is 6.07 Å². The van der Waals surface area contributed by atoms with Crippen molar-refractivity contribution in [2.24, 2.45) is 7.05 Å². The Morgan fingerprint density at radius 3 is 2.61 bits per heavy atom. The molecule has 1 aliphatic rings. The predicted molar refractivity (Wildman–Crippen MR) is 102 cm³/mol. The third-order valence-electron chi connectivity index (χ3n) is 4.61. The van der Waals surface area contributed by atoms with Crippen molar-refractivity contribution in [2.45, 2.75) is 26.4 Å². The summed E-state index contributed by atoms with van der Waals surface area (Å²) in [5.74, 6) is -1.03. The van der Waals surface area contributed by atoms with E-state index in [0.717, 1.165) is 11.3 Å². The molecule has 148 valence electrons. The fourth-order valence-electron chi connectivity index (χ4n) is 2.77. The lowest BCUT2D eigenvalue weighted by atomic mass is 10.0. The number of carbonyl (C=O) groups excluding carboxylic acids is 3. The number of aromatic nitrogens is 2. The molecule has 2 heterocycles. The average Bonchev–Trinajstić information content (AvgIpc) is 2.98. The van der Waals surface area contributed by atoms with Gasteiger partial charge in [0.15, 0.2) is 0 Å². The summed E-state index contributed by atoms with van der Waals surface area (Å²) in [6, 6.07) is 7.00. The van der Waals surface area contributed by atoms with E-state index < -0.39 is 17.4 Å². The second-order valence-electron chi connectivity index (χ2n) is 6.90. The van der Waals surface area contributed by atoms with Crippen LogP contribution in [0.15, 0.2) is 24.3 Å². The summed E-state index contributed by atoms with van der Waals surface area (Å²) in [5.41, 5.74) is 0.981. The first-order valence-corrected chi connectivity index (χ1v) is 8.89. The topological polar surface area (TPSA) is 114 Å². The number of amides is 3. The second kappa shape index (κ2) is 7.34. The minimum Gasteiger partial charge on any atom is -0.466 e. The first-order valence-electron chi connectivity index (χ1n) is 8.89. The van der Waals surface area contributed by atoms with Gasteiger partial charge in [0.05, 0.1) is 5.69 Å². The lowest BCUT2D eigenvalue weighted by molar-refractivity contribution is -0.146. The Morgan fingerprint density at radius 1 is 1.21 bits per heavy atom. The van der Waals surface area contributed by atoms with E-state index in [1.807, 2.05) is 19.9 Å². The molecule has 9 nitrogen and oxygen atoms in total. The van der Waals surface area contributed by atoms with E-state index in [4.69, 9.17) is 4.74 Å². The molecule has 0 bridgehead atoms. The Morgan fingerprint density at radius 2 is 1.93 bits per heavy atom. The number of aryl methyl sites for hydroxylation is 3. The van der Waals surface area contributed by atoms with Gasteiger partial charge in [-0.05, 0) is 44.5 Å². The van der Waals surface area contributed by atoms with Gasteiger partial charge in [-0.3, -0.25) is 19.1 Å². The molecule has 9 heteroatoms. The number of fused-ring (bicyclic) bond motifs is 1. The molecule has 1 aromatic heterocycles. The second-order valence-corrected chi connectivity index (χ2v) is 6.90. The SMILES string of the molecule is Cc1ccc2c(c1)NC(=O)C(C)(C(=O)NCCNC(=O)c1cc(C)n(C)n1)O2. The average molecular weight is 385 g/mol. The zero-order chi connectivity index (χ0) is 20.5. The Kier molecular flexibility index (Phi) is 5.08. The summed E-state index contributed by atoms with van der Waals surface area (Å²) in [6.45, 7) is 5.49. The quantitative estimate of drug-likeness (QED) is 0.517. The Bertz CT molecular complexity index is 932. The minimum atomic E-state index is -1.69. The molecule has 3 rings (SSSR count). The zero-order valence-corrected chi connectivity index (χ0v) is 16.3. The van der Waals surface area contributed by atoms with E-state index in [1.54, 1.807) is 29.9 Å². The Labute approximate surface area is 162 Å². The van der Waals surface area contributed by atoms with Crippen molar-refractivity contribution in [3.05, 3.63) is 41.2 Å². The van der Waals surface area contributed by atoms with Gasteiger partial charge in [0, 0.05) is 25.8 Å². The molecule has 2 aromatic rings. The Balaban J connectivity index is 1.55. The molecular formula is C19H23N5O4. The van der Waals surface area contributed by atoms with E-state index in [9.17, 15) is 14.4 Å². The molecule has 1 atom stereocenters. The first-order chi connectivity index (χ1) is 13.2. The standard InChI is InChI=1S/C19H23N5O4/c1-11-5-6-15-13(9-11)22-18(27)19(3,28-15)17(26)21-8-7-20-16(25)14-10-12(2)24(4)23-14/h5-6,9-10H,7-8H2,1-4H3,(H,20,25)(H,21,26)(H,22,27). The monoisotopic (exact) mass is 385 g/mol. The van der Waals surface area contributed by atoms with Crippen molar-refractivity contribution in [3.63, 3.8) is 0 Å². The number of nitrogens with one attached hydrogen (secondary N) is 3. The predicted octanol–water partition coefficient (Wildman–Crippen LogP) is 0.673. The van der Waals surface area contributed by atoms with Gasteiger partial charge in [-0.25, -0.2) is 0 Å². The fraction of sp³-hybridized carbons (Fsp3) is 0.368. The number of nitrogens with zero attached hydrogens (tertiary/aromatic N) is 2. The van der Waals surface area contributed by atoms with Gasteiger partial charge in [0.1, 0.15) is 11.4 Å². The number of ether oxygens (including phenoxy) is 1. The molecule has 0 saturated heterocycles. The molecule has 0 saturated carbocycles. The lowest BCUT2D eigenvalue weighted by Gasteiger charge is -2.33. The maximum absolute atomic E-state index is 12.5. The number of hydrogen-bond donors (Lipinski definition) is 3. The zero-order valence-electron chi connectivity index (χ0n) is 16.3. The summed E-state index contributed by atoms with van der Waals surface area (Å²) in [5, 5.41) is 12.1. The fourth-order valence-corrected chi connectivity index (χ4v) is 2.77. The van der Waals surface area contributed by atoms with E-state index in [-0.39, 0.29) is 19.0 Å². The molecule has 0 fully saturated rings. The third-order valence-corrected chi connectivity index (χ3v) is 4.61. The molecule has 3 N–H and O–H groups in total. The van der Waals surface area contributed by atoms with Crippen molar-refractivity contribution in [3.8, 4) is 5.75 Å². The molecule has 0 spiro atoms. The third kappa shape index (κ3) is 3.68. The number of benzene rings is 1. The number of rotatable bonds is 5. The van der Waals surface area contributed by atoms with Crippen LogP contribution in [-0.2, 0) is 16.6 Å². The highest BCUT2D eigenvalue weighted by atomic mass is 16.5. The van der Waals surface area contributed by atoms with Crippen molar-refractivity contribution < 1.29 is 19.1 Å². The van der Waals surface area contributed by atoms with Gasteiger partial charge in [-0.15, -0.1) is 0 Å². The molecule has 1 aromatic carbocycles. The highest BCUT2D eigenvalue weighted by Crippen LogP contribution is 2.34. The van der Waals surface area contributed by atoms with Crippen LogP contribution in [0.5, 0.6) is 5.75 Å². The lowest BCUT2D eigenvalue weighted by Crippen LogP contribution is -2.59. The summed E-state index contributed by atoms with van der Waals surface area (Å²) in [4.78, 5) is 37.0. The highest BCUT2D eigenvalue weighted by Gasteiger charge is 2.47. The van der Waals surface area contributed by atoms with Crippen molar-refractivity contribution in [1.29, 1.82) is 0 Å². The molecular weight excluding hydrogens is 362 g/mol. The van der Waals surface area contributed by atoms with Gasteiger partial charge in [-0.2, -0.15) is 5.10 Å². The number of hydrogen-bond acceptors (Lipinski definition) is 5. The molecule has 0 radical (unpaired) electrons. The molecule has 3 amide bonds. The van der Waals surface area contributed by atoms with E-state index >= 15 is 0 Å². The summed E-state index contributed by atoms with van der Waals surface area (Å²) >= 11 is 0. The van der Waals surface area contributed by atoms with E-state index in [1.165, 1.54) is 6.92 Å². The first kappa shape index (κ1) is 19.4. The minimum absolute atomic E-state index is 0.142. The van der Waals surface area contributed by atoms with Crippen LogP contribution < -0.4 is 20.7 Å². The molecule has 1 unspecified atom stereocenters. The normalized spacial score (nSPS) is 17.9. The molecule has 28 heavy (non-hydrogen) atoms.